The first-order valence-electron chi connectivity index (χ1n) is 7.36. The van der Waals surface area contributed by atoms with Gasteiger partial charge in [-0.05, 0) is 55.3 Å². The number of anilines is 1. The van der Waals surface area contributed by atoms with Crippen molar-refractivity contribution in [2.75, 3.05) is 18.5 Å². The monoisotopic (exact) mass is 391 g/mol. The molecule has 0 aromatic heterocycles. The number of esters is 1. The number of benzene rings is 2. The lowest BCUT2D eigenvalue weighted by Crippen LogP contribution is -2.23. The zero-order chi connectivity index (χ0) is 17.5. The molecule has 126 valence electrons. The van der Waals surface area contributed by atoms with Crippen LogP contribution in [0, 0.1) is 13.8 Å². The van der Waals surface area contributed by atoms with Crippen LogP contribution in [0.2, 0.25) is 0 Å². The van der Waals surface area contributed by atoms with E-state index in [0.717, 1.165) is 15.6 Å². The van der Waals surface area contributed by atoms with Crippen LogP contribution in [0.4, 0.5) is 5.69 Å². The molecule has 0 radical (unpaired) electrons. The van der Waals surface area contributed by atoms with Crippen LogP contribution >= 0.6 is 15.9 Å². The van der Waals surface area contributed by atoms with E-state index in [-0.39, 0.29) is 13.2 Å². The first kappa shape index (κ1) is 18.0. The molecule has 0 aliphatic rings. The Morgan fingerprint density at radius 2 is 1.75 bits per heavy atom. The van der Waals surface area contributed by atoms with Gasteiger partial charge in [0.2, 0.25) is 0 Å². The van der Waals surface area contributed by atoms with Gasteiger partial charge < -0.3 is 14.8 Å². The number of hydrogen-bond donors (Lipinski definition) is 1. The summed E-state index contributed by atoms with van der Waals surface area (Å²) in [4.78, 5) is 23.4. The van der Waals surface area contributed by atoms with Crippen molar-refractivity contribution in [3.8, 4) is 5.75 Å². The van der Waals surface area contributed by atoms with E-state index in [2.05, 4.69) is 21.2 Å². The molecule has 2 aromatic rings. The molecule has 0 spiro atoms. The Morgan fingerprint density at radius 3 is 2.46 bits per heavy atom. The lowest BCUT2D eigenvalue weighted by molar-refractivity contribution is -0.149. The summed E-state index contributed by atoms with van der Waals surface area (Å²) in [6, 6.07) is 12.7. The Morgan fingerprint density at radius 1 is 1.04 bits per heavy atom. The fourth-order valence-corrected chi connectivity index (χ4v) is 2.20. The summed E-state index contributed by atoms with van der Waals surface area (Å²) in [6.45, 7) is 3.29. The Balaban J connectivity index is 1.75. The van der Waals surface area contributed by atoms with Crippen molar-refractivity contribution in [2.45, 2.75) is 13.8 Å². The van der Waals surface area contributed by atoms with Crippen LogP contribution in [0.15, 0.2) is 46.9 Å². The number of aryl methyl sites for hydroxylation is 1. The van der Waals surface area contributed by atoms with Gasteiger partial charge in [0.15, 0.2) is 13.2 Å². The summed E-state index contributed by atoms with van der Waals surface area (Å²) in [5.74, 6) is -0.370. The van der Waals surface area contributed by atoms with Gasteiger partial charge in [-0.1, -0.05) is 28.1 Å². The summed E-state index contributed by atoms with van der Waals surface area (Å²) in [5.41, 5.74) is 2.68. The topological polar surface area (TPSA) is 64.6 Å². The third-order valence-corrected chi connectivity index (χ3v) is 3.92. The van der Waals surface area contributed by atoms with Crippen molar-refractivity contribution >= 4 is 33.5 Å². The van der Waals surface area contributed by atoms with Crippen LogP contribution in [0.5, 0.6) is 5.75 Å². The van der Waals surface area contributed by atoms with E-state index >= 15 is 0 Å². The van der Waals surface area contributed by atoms with Crippen LogP contribution in [0.25, 0.3) is 0 Å². The molecule has 0 bridgehead atoms. The van der Waals surface area contributed by atoms with Gasteiger partial charge in [0, 0.05) is 10.2 Å². The molecule has 0 heterocycles. The van der Waals surface area contributed by atoms with Crippen LogP contribution in [0.1, 0.15) is 11.1 Å². The molecule has 0 saturated heterocycles. The fraction of sp³-hybridized carbons (Fsp3) is 0.222. The first-order chi connectivity index (χ1) is 11.5. The van der Waals surface area contributed by atoms with Gasteiger partial charge in [0.05, 0.1) is 0 Å². The standard InChI is InChI=1S/C18H18BrNO4/c1-12-4-3-5-16(13(12)2)23-11-18(22)24-10-17(21)20-15-8-6-14(19)7-9-15/h3-9H,10-11H2,1-2H3,(H,20,21). The van der Waals surface area contributed by atoms with Crippen molar-refractivity contribution in [1.82, 2.24) is 0 Å². The Kier molecular flexibility index (Phi) is 6.37. The lowest BCUT2D eigenvalue weighted by Gasteiger charge is -2.10. The molecule has 0 aliphatic carbocycles. The molecule has 0 fully saturated rings. The predicted molar refractivity (Wildman–Crippen MR) is 95.1 cm³/mol. The van der Waals surface area contributed by atoms with Crippen molar-refractivity contribution < 1.29 is 19.1 Å². The van der Waals surface area contributed by atoms with Gasteiger partial charge in [0.25, 0.3) is 5.91 Å². The van der Waals surface area contributed by atoms with Gasteiger partial charge in [-0.25, -0.2) is 4.79 Å². The van der Waals surface area contributed by atoms with Gasteiger partial charge in [-0.3, -0.25) is 4.79 Å². The largest absolute Gasteiger partial charge is 0.482 e. The van der Waals surface area contributed by atoms with Gasteiger partial charge in [0.1, 0.15) is 5.75 Å². The van der Waals surface area contributed by atoms with E-state index in [0.29, 0.717) is 11.4 Å². The Bertz CT molecular complexity index is 728. The third kappa shape index (κ3) is 5.38. The maximum absolute atomic E-state index is 11.7. The molecule has 1 N–H and O–H groups in total. The molecule has 0 atom stereocenters. The van der Waals surface area contributed by atoms with Gasteiger partial charge in [-0.2, -0.15) is 0 Å². The Hall–Kier alpha value is -2.34. The quantitative estimate of drug-likeness (QED) is 0.763. The van der Waals surface area contributed by atoms with Gasteiger partial charge in [-0.15, -0.1) is 0 Å². The molecule has 2 aromatic carbocycles. The van der Waals surface area contributed by atoms with Crippen LogP contribution in [-0.4, -0.2) is 25.1 Å². The second kappa shape index (κ2) is 8.49. The second-order valence-corrected chi connectivity index (χ2v) is 6.12. The molecule has 24 heavy (non-hydrogen) atoms. The summed E-state index contributed by atoms with van der Waals surface area (Å²) in [5, 5.41) is 2.64. The number of amides is 1. The third-order valence-electron chi connectivity index (χ3n) is 3.39. The second-order valence-electron chi connectivity index (χ2n) is 5.20. The van der Waals surface area contributed by atoms with E-state index in [4.69, 9.17) is 9.47 Å². The van der Waals surface area contributed by atoms with Crippen molar-refractivity contribution in [2.24, 2.45) is 0 Å². The number of hydrogen-bond acceptors (Lipinski definition) is 4. The smallest absolute Gasteiger partial charge is 0.344 e. The number of nitrogens with one attached hydrogen (secondary N) is 1. The maximum atomic E-state index is 11.7. The molecular weight excluding hydrogens is 374 g/mol. The molecule has 0 aliphatic heterocycles. The molecule has 0 unspecified atom stereocenters. The average Bonchev–Trinajstić information content (AvgIpc) is 2.56. The van der Waals surface area contributed by atoms with E-state index in [1.165, 1.54) is 0 Å². The predicted octanol–water partition coefficient (Wildman–Crippen LogP) is 3.63. The molecule has 1 amide bonds. The fourth-order valence-electron chi connectivity index (χ4n) is 1.94. The zero-order valence-corrected chi connectivity index (χ0v) is 15.1. The van der Waals surface area contributed by atoms with Crippen LogP contribution in [-0.2, 0) is 14.3 Å². The highest BCUT2D eigenvalue weighted by Crippen LogP contribution is 2.20. The van der Waals surface area contributed by atoms with E-state index in [1.807, 2.05) is 26.0 Å². The molecule has 6 heteroatoms. The maximum Gasteiger partial charge on any atom is 0.344 e. The van der Waals surface area contributed by atoms with Crippen LogP contribution in [0.3, 0.4) is 0 Å². The minimum atomic E-state index is -0.595. The Labute approximate surface area is 149 Å². The number of rotatable bonds is 6. The summed E-state index contributed by atoms with van der Waals surface area (Å²) in [6.07, 6.45) is 0. The summed E-state index contributed by atoms with van der Waals surface area (Å²) >= 11 is 3.31. The highest BCUT2D eigenvalue weighted by atomic mass is 79.9. The highest BCUT2D eigenvalue weighted by Gasteiger charge is 2.10. The van der Waals surface area contributed by atoms with Crippen molar-refractivity contribution in [3.05, 3.63) is 58.1 Å². The van der Waals surface area contributed by atoms with Crippen molar-refractivity contribution in [3.63, 3.8) is 0 Å². The van der Waals surface area contributed by atoms with Crippen LogP contribution < -0.4 is 10.1 Å². The number of carbonyl (C=O) groups is 2. The molecule has 5 nitrogen and oxygen atoms in total. The molecule has 0 saturated carbocycles. The average molecular weight is 392 g/mol. The summed E-state index contributed by atoms with van der Waals surface area (Å²) < 4.78 is 11.3. The number of halogens is 1. The highest BCUT2D eigenvalue weighted by molar-refractivity contribution is 9.10. The van der Waals surface area contributed by atoms with E-state index in [9.17, 15) is 9.59 Å². The zero-order valence-electron chi connectivity index (χ0n) is 13.5. The first-order valence-corrected chi connectivity index (χ1v) is 8.15. The minimum absolute atomic E-state index is 0.240. The molecule has 2 rings (SSSR count). The SMILES string of the molecule is Cc1cccc(OCC(=O)OCC(=O)Nc2ccc(Br)cc2)c1C. The normalized spacial score (nSPS) is 10.1. The van der Waals surface area contributed by atoms with Crippen molar-refractivity contribution in [1.29, 1.82) is 0 Å². The summed E-state index contributed by atoms with van der Waals surface area (Å²) in [7, 11) is 0. The molecular formula is C18H18BrNO4. The van der Waals surface area contributed by atoms with Gasteiger partial charge >= 0.3 is 5.97 Å². The van der Waals surface area contributed by atoms with E-state index < -0.39 is 11.9 Å². The number of ether oxygens (including phenoxy) is 2. The van der Waals surface area contributed by atoms with E-state index in [1.54, 1.807) is 30.3 Å². The lowest BCUT2D eigenvalue weighted by atomic mass is 10.1. The minimum Gasteiger partial charge on any atom is -0.482 e. The number of carbonyl (C=O) groups excluding carboxylic acids is 2.